The Morgan fingerprint density at radius 3 is 2.29 bits per heavy atom. The average Bonchev–Trinajstić information content (AvgIpc) is 2.36. The first-order valence-corrected chi connectivity index (χ1v) is 6.10. The lowest BCUT2D eigenvalue weighted by Gasteiger charge is -2.18. The van der Waals surface area contributed by atoms with Crippen LogP contribution < -0.4 is 9.64 Å². The van der Waals surface area contributed by atoms with Crippen LogP contribution in [0.5, 0.6) is 5.75 Å². The maximum atomic E-state index is 14.1. The Morgan fingerprint density at radius 1 is 1.00 bits per heavy atom. The molecular weight excluding hydrogens is 286 g/mol. The van der Waals surface area contributed by atoms with Crippen molar-refractivity contribution in [2.75, 3.05) is 19.0 Å². The number of ether oxygens (including phenoxy) is 1. The fourth-order valence-corrected chi connectivity index (χ4v) is 2.02. The molecule has 2 rings (SSSR count). The molecule has 0 bridgehead atoms. The van der Waals surface area contributed by atoms with Gasteiger partial charge in [0.25, 0.3) is 0 Å². The molecule has 2 aromatic rings. The van der Waals surface area contributed by atoms with Crippen LogP contribution in [0, 0.1) is 5.82 Å². The third kappa shape index (κ3) is 3.65. The average molecular weight is 299 g/mol. The van der Waals surface area contributed by atoms with Gasteiger partial charge in [-0.3, -0.25) is 0 Å². The van der Waals surface area contributed by atoms with E-state index < -0.39 is 12.2 Å². The normalized spacial score (nSPS) is 11.3. The summed E-state index contributed by atoms with van der Waals surface area (Å²) < 4.78 is 54.7. The first kappa shape index (κ1) is 15.2. The van der Waals surface area contributed by atoms with Gasteiger partial charge in [-0.1, -0.05) is 18.2 Å². The Labute approximate surface area is 119 Å². The SMILES string of the molecule is CN(C)c1cccc(F)c1-c1cccc(OC(F)(F)F)c1. The summed E-state index contributed by atoms with van der Waals surface area (Å²) in [4.78, 5) is 1.69. The van der Waals surface area contributed by atoms with Gasteiger partial charge in [0.1, 0.15) is 11.6 Å². The zero-order valence-electron chi connectivity index (χ0n) is 11.4. The van der Waals surface area contributed by atoms with Crippen molar-refractivity contribution in [2.45, 2.75) is 6.36 Å². The van der Waals surface area contributed by atoms with Crippen LogP contribution in [0.25, 0.3) is 11.1 Å². The highest BCUT2D eigenvalue weighted by Gasteiger charge is 2.31. The minimum Gasteiger partial charge on any atom is -0.406 e. The topological polar surface area (TPSA) is 12.5 Å². The largest absolute Gasteiger partial charge is 0.573 e. The van der Waals surface area contributed by atoms with Gasteiger partial charge in [-0.2, -0.15) is 0 Å². The minimum absolute atomic E-state index is 0.232. The van der Waals surface area contributed by atoms with E-state index in [2.05, 4.69) is 4.74 Å². The fraction of sp³-hybridized carbons (Fsp3) is 0.200. The molecule has 0 saturated carbocycles. The number of halogens is 4. The third-order valence-electron chi connectivity index (χ3n) is 2.83. The third-order valence-corrected chi connectivity index (χ3v) is 2.83. The van der Waals surface area contributed by atoms with E-state index in [1.807, 2.05) is 0 Å². The van der Waals surface area contributed by atoms with Gasteiger partial charge in [0.15, 0.2) is 0 Å². The van der Waals surface area contributed by atoms with E-state index in [0.29, 0.717) is 11.3 Å². The monoisotopic (exact) mass is 299 g/mol. The van der Waals surface area contributed by atoms with Gasteiger partial charge in [0.05, 0.1) is 0 Å². The summed E-state index contributed by atoms with van der Waals surface area (Å²) in [5, 5.41) is 0. The van der Waals surface area contributed by atoms with Gasteiger partial charge >= 0.3 is 6.36 Å². The summed E-state index contributed by atoms with van der Waals surface area (Å²) in [6, 6.07) is 9.77. The molecule has 0 unspecified atom stereocenters. The molecule has 6 heteroatoms. The van der Waals surface area contributed by atoms with Gasteiger partial charge in [0, 0.05) is 25.3 Å². The smallest absolute Gasteiger partial charge is 0.406 e. The van der Waals surface area contributed by atoms with Gasteiger partial charge in [0.2, 0.25) is 0 Å². The lowest BCUT2D eigenvalue weighted by Crippen LogP contribution is -2.17. The van der Waals surface area contributed by atoms with E-state index in [1.54, 1.807) is 31.1 Å². The summed E-state index contributed by atoms with van der Waals surface area (Å²) in [7, 11) is 3.46. The van der Waals surface area contributed by atoms with Gasteiger partial charge < -0.3 is 9.64 Å². The number of nitrogens with zero attached hydrogens (tertiary/aromatic N) is 1. The molecule has 0 saturated heterocycles. The number of alkyl halides is 3. The zero-order chi connectivity index (χ0) is 15.6. The molecule has 0 aliphatic heterocycles. The Morgan fingerprint density at radius 2 is 1.67 bits per heavy atom. The van der Waals surface area contributed by atoms with Crippen molar-refractivity contribution >= 4 is 5.69 Å². The quantitative estimate of drug-likeness (QED) is 0.776. The molecule has 0 N–H and O–H groups in total. The van der Waals surface area contributed by atoms with Crippen LogP contribution in [0.3, 0.4) is 0 Å². The van der Waals surface area contributed by atoms with Crippen molar-refractivity contribution in [2.24, 2.45) is 0 Å². The summed E-state index contributed by atoms with van der Waals surface area (Å²) in [6.45, 7) is 0. The number of benzene rings is 2. The van der Waals surface area contributed by atoms with E-state index in [-0.39, 0.29) is 11.3 Å². The molecule has 0 atom stereocenters. The summed E-state index contributed by atoms with van der Waals surface area (Å²) >= 11 is 0. The first-order chi connectivity index (χ1) is 9.78. The molecule has 0 spiro atoms. The van der Waals surface area contributed by atoms with Gasteiger partial charge in [-0.15, -0.1) is 13.2 Å². The lowest BCUT2D eigenvalue weighted by atomic mass is 10.0. The molecule has 0 heterocycles. The zero-order valence-corrected chi connectivity index (χ0v) is 11.4. The molecule has 2 aromatic carbocycles. The predicted octanol–water partition coefficient (Wildman–Crippen LogP) is 4.46. The Bertz CT molecular complexity index is 638. The van der Waals surface area contributed by atoms with Crippen LogP contribution in [-0.4, -0.2) is 20.5 Å². The minimum atomic E-state index is -4.78. The second-order valence-corrected chi connectivity index (χ2v) is 4.60. The van der Waals surface area contributed by atoms with Crippen molar-refractivity contribution in [1.82, 2.24) is 0 Å². The molecule has 21 heavy (non-hydrogen) atoms. The van der Waals surface area contributed by atoms with E-state index in [0.717, 1.165) is 0 Å². The van der Waals surface area contributed by atoms with Gasteiger partial charge in [-0.25, -0.2) is 4.39 Å². The number of anilines is 1. The number of hydrogen-bond acceptors (Lipinski definition) is 2. The van der Waals surface area contributed by atoms with Crippen molar-refractivity contribution < 1.29 is 22.3 Å². The number of rotatable bonds is 3. The van der Waals surface area contributed by atoms with Crippen molar-refractivity contribution in [3.05, 3.63) is 48.3 Å². The van der Waals surface area contributed by atoms with Crippen LogP contribution in [-0.2, 0) is 0 Å². The summed E-state index contributed by atoms with van der Waals surface area (Å²) in [6.07, 6.45) is -4.78. The molecule has 0 aliphatic carbocycles. The van der Waals surface area contributed by atoms with E-state index >= 15 is 0 Å². The van der Waals surface area contributed by atoms with Crippen molar-refractivity contribution in [3.63, 3.8) is 0 Å². The van der Waals surface area contributed by atoms with E-state index in [1.165, 1.54) is 30.3 Å². The molecule has 0 aliphatic rings. The standard InChI is InChI=1S/C15H13F4NO/c1-20(2)13-8-4-7-12(16)14(13)10-5-3-6-11(9-10)21-15(17,18)19/h3-9H,1-2H3. The Balaban J connectivity index is 2.50. The predicted molar refractivity (Wildman–Crippen MR) is 72.8 cm³/mol. The first-order valence-electron chi connectivity index (χ1n) is 6.10. The summed E-state index contributed by atoms with van der Waals surface area (Å²) in [5.74, 6) is -0.890. The molecule has 0 radical (unpaired) electrons. The molecule has 2 nitrogen and oxygen atoms in total. The van der Waals surface area contributed by atoms with Crippen LogP contribution >= 0.6 is 0 Å². The maximum Gasteiger partial charge on any atom is 0.573 e. The lowest BCUT2D eigenvalue weighted by molar-refractivity contribution is -0.274. The summed E-state index contributed by atoms with van der Waals surface area (Å²) in [5.41, 5.74) is 1.12. The Kier molecular flexibility index (Phi) is 4.06. The highest BCUT2D eigenvalue weighted by Crippen LogP contribution is 2.35. The van der Waals surface area contributed by atoms with E-state index in [4.69, 9.17) is 0 Å². The molecule has 112 valence electrons. The highest BCUT2D eigenvalue weighted by molar-refractivity contribution is 5.79. The second kappa shape index (κ2) is 5.63. The molecule has 0 amide bonds. The second-order valence-electron chi connectivity index (χ2n) is 4.60. The van der Waals surface area contributed by atoms with Gasteiger partial charge in [-0.05, 0) is 29.8 Å². The maximum absolute atomic E-state index is 14.1. The van der Waals surface area contributed by atoms with Crippen molar-refractivity contribution in [3.8, 4) is 16.9 Å². The Hall–Kier alpha value is -2.24. The molecular formula is C15H13F4NO. The van der Waals surface area contributed by atoms with Crippen LogP contribution in [0.2, 0.25) is 0 Å². The molecule has 0 aromatic heterocycles. The number of hydrogen-bond donors (Lipinski definition) is 0. The highest BCUT2D eigenvalue weighted by atomic mass is 19.4. The van der Waals surface area contributed by atoms with Crippen molar-refractivity contribution in [1.29, 1.82) is 0 Å². The van der Waals surface area contributed by atoms with E-state index in [9.17, 15) is 17.6 Å². The fourth-order valence-electron chi connectivity index (χ4n) is 2.02. The van der Waals surface area contributed by atoms with Crippen LogP contribution in [0.1, 0.15) is 0 Å². The molecule has 0 fully saturated rings. The van der Waals surface area contributed by atoms with Crippen LogP contribution in [0.15, 0.2) is 42.5 Å². The van der Waals surface area contributed by atoms with Crippen LogP contribution in [0.4, 0.5) is 23.2 Å².